The minimum atomic E-state index is -0.655. The Kier molecular flexibility index (Phi) is 4.51. The van der Waals surface area contributed by atoms with E-state index in [1.165, 1.54) is 0 Å². The monoisotopic (exact) mass is 404 g/mol. The summed E-state index contributed by atoms with van der Waals surface area (Å²) in [6.45, 7) is 3.89. The Balaban J connectivity index is 1.47. The fourth-order valence-corrected chi connectivity index (χ4v) is 4.51. The van der Waals surface area contributed by atoms with Gasteiger partial charge in [-0.05, 0) is 38.5 Å². The molecule has 4 atom stereocenters. The van der Waals surface area contributed by atoms with Gasteiger partial charge in [-0.3, -0.25) is 0 Å². The van der Waals surface area contributed by atoms with E-state index < -0.39 is 5.79 Å². The SMILES string of the molecule is C#Cc1cccc(-c2cc3nccc(NC4CC(CO)C5OC(C)(C)OC45)n3n2)c1. The molecule has 2 aromatic heterocycles. The van der Waals surface area contributed by atoms with Crippen molar-refractivity contribution in [2.45, 2.75) is 44.3 Å². The van der Waals surface area contributed by atoms with Crippen LogP contribution in [0.3, 0.4) is 0 Å². The number of ether oxygens (including phenoxy) is 2. The summed E-state index contributed by atoms with van der Waals surface area (Å²) in [6, 6.07) is 11.6. The molecule has 3 aromatic rings. The second-order valence-corrected chi connectivity index (χ2v) is 8.35. The Morgan fingerprint density at radius 3 is 2.90 bits per heavy atom. The second-order valence-electron chi connectivity index (χ2n) is 8.35. The zero-order valence-corrected chi connectivity index (χ0v) is 16.9. The molecule has 1 aliphatic carbocycles. The maximum absolute atomic E-state index is 9.81. The summed E-state index contributed by atoms with van der Waals surface area (Å²) in [6.07, 6.45) is 7.78. The molecule has 2 aliphatic rings. The summed E-state index contributed by atoms with van der Waals surface area (Å²) >= 11 is 0. The van der Waals surface area contributed by atoms with Gasteiger partial charge in [-0.25, -0.2) is 4.98 Å². The van der Waals surface area contributed by atoms with Crippen LogP contribution in [0.25, 0.3) is 16.9 Å². The van der Waals surface area contributed by atoms with E-state index >= 15 is 0 Å². The van der Waals surface area contributed by atoms with Crippen molar-refractivity contribution >= 4 is 11.5 Å². The molecule has 154 valence electrons. The summed E-state index contributed by atoms with van der Waals surface area (Å²) in [5, 5.41) is 18.1. The normalized spacial score (nSPS) is 27.1. The standard InChI is InChI=1S/C23H24N4O3/c1-4-14-6-5-7-15(10-14)17-12-20-24-9-8-19(27(20)26-17)25-18-11-16(13-28)21-22(18)30-23(2,3)29-21/h1,5-10,12,16,18,21-22,25,28H,11,13H2,2-3H3. The van der Waals surface area contributed by atoms with Crippen LogP contribution in [0.2, 0.25) is 0 Å². The van der Waals surface area contributed by atoms with Crippen molar-refractivity contribution in [1.29, 1.82) is 0 Å². The number of nitrogens with one attached hydrogen (secondary N) is 1. The van der Waals surface area contributed by atoms with E-state index in [4.69, 9.17) is 21.0 Å². The Hall–Kier alpha value is -2.92. The Morgan fingerprint density at radius 2 is 2.10 bits per heavy atom. The predicted molar refractivity (Wildman–Crippen MR) is 113 cm³/mol. The lowest BCUT2D eigenvalue weighted by Crippen LogP contribution is -2.35. The van der Waals surface area contributed by atoms with Crippen LogP contribution in [-0.2, 0) is 9.47 Å². The topological polar surface area (TPSA) is 80.9 Å². The lowest BCUT2D eigenvalue weighted by atomic mass is 10.1. The molecular formula is C23H24N4O3. The van der Waals surface area contributed by atoms with Crippen molar-refractivity contribution in [1.82, 2.24) is 14.6 Å². The first kappa shape index (κ1) is 19.1. The first-order valence-electron chi connectivity index (χ1n) is 10.1. The number of benzene rings is 1. The van der Waals surface area contributed by atoms with Crippen LogP contribution in [0.4, 0.5) is 5.82 Å². The molecular weight excluding hydrogens is 380 g/mol. The van der Waals surface area contributed by atoms with E-state index in [9.17, 15) is 5.11 Å². The maximum Gasteiger partial charge on any atom is 0.163 e. The predicted octanol–water partition coefficient (Wildman–Crippen LogP) is 2.69. The zero-order chi connectivity index (χ0) is 20.9. The number of aromatic nitrogens is 3. The zero-order valence-electron chi connectivity index (χ0n) is 16.9. The third kappa shape index (κ3) is 3.23. The summed E-state index contributed by atoms with van der Waals surface area (Å²) < 4.78 is 14.0. The van der Waals surface area contributed by atoms with Gasteiger partial charge in [0.25, 0.3) is 0 Å². The van der Waals surface area contributed by atoms with E-state index in [0.29, 0.717) is 0 Å². The van der Waals surface area contributed by atoms with Gasteiger partial charge in [-0.15, -0.1) is 6.42 Å². The van der Waals surface area contributed by atoms with Crippen LogP contribution in [0, 0.1) is 18.3 Å². The van der Waals surface area contributed by atoms with Gasteiger partial charge in [0.05, 0.1) is 17.8 Å². The molecule has 0 spiro atoms. The molecule has 1 aliphatic heterocycles. The summed E-state index contributed by atoms with van der Waals surface area (Å²) in [7, 11) is 0. The van der Waals surface area contributed by atoms with Gasteiger partial charge in [0.1, 0.15) is 11.9 Å². The van der Waals surface area contributed by atoms with Crippen LogP contribution in [-0.4, -0.2) is 50.3 Å². The van der Waals surface area contributed by atoms with Crippen LogP contribution in [0.5, 0.6) is 0 Å². The quantitative estimate of drug-likeness (QED) is 0.651. The molecule has 1 aromatic carbocycles. The van der Waals surface area contributed by atoms with Gasteiger partial charge < -0.3 is 19.9 Å². The molecule has 0 amide bonds. The van der Waals surface area contributed by atoms with E-state index in [1.54, 1.807) is 10.7 Å². The fourth-order valence-electron chi connectivity index (χ4n) is 4.51. The highest BCUT2D eigenvalue weighted by Crippen LogP contribution is 2.42. The molecule has 5 rings (SSSR count). The van der Waals surface area contributed by atoms with Crippen LogP contribution >= 0.6 is 0 Å². The van der Waals surface area contributed by atoms with E-state index in [-0.39, 0.29) is 30.8 Å². The Bertz CT molecular complexity index is 1130. The molecule has 3 heterocycles. The first-order chi connectivity index (χ1) is 14.5. The number of aliphatic hydroxyl groups is 1. The van der Waals surface area contributed by atoms with Crippen molar-refractivity contribution in [3.63, 3.8) is 0 Å². The van der Waals surface area contributed by atoms with Crippen molar-refractivity contribution in [2.75, 3.05) is 11.9 Å². The van der Waals surface area contributed by atoms with E-state index in [1.807, 2.05) is 50.2 Å². The lowest BCUT2D eigenvalue weighted by molar-refractivity contribution is -0.158. The van der Waals surface area contributed by atoms with E-state index in [2.05, 4.69) is 16.2 Å². The number of aliphatic hydroxyl groups excluding tert-OH is 1. The molecule has 4 unspecified atom stereocenters. The summed E-state index contributed by atoms with van der Waals surface area (Å²) in [4.78, 5) is 4.45. The molecule has 1 saturated heterocycles. The average molecular weight is 404 g/mol. The number of nitrogens with zero attached hydrogens (tertiary/aromatic N) is 3. The molecule has 30 heavy (non-hydrogen) atoms. The van der Waals surface area contributed by atoms with Crippen molar-refractivity contribution in [2.24, 2.45) is 5.92 Å². The van der Waals surface area contributed by atoms with E-state index in [0.717, 1.165) is 34.7 Å². The van der Waals surface area contributed by atoms with Crippen LogP contribution in [0.15, 0.2) is 42.6 Å². The number of terminal acetylenes is 1. The molecule has 0 radical (unpaired) electrons. The lowest BCUT2D eigenvalue weighted by Gasteiger charge is -2.24. The highest BCUT2D eigenvalue weighted by atomic mass is 16.8. The molecule has 7 nitrogen and oxygen atoms in total. The van der Waals surface area contributed by atoms with Crippen molar-refractivity contribution in [3.05, 3.63) is 48.2 Å². The third-order valence-corrected chi connectivity index (χ3v) is 5.83. The minimum absolute atomic E-state index is 0.00283. The molecule has 1 saturated carbocycles. The van der Waals surface area contributed by atoms with Crippen molar-refractivity contribution in [3.8, 4) is 23.6 Å². The van der Waals surface area contributed by atoms with Gasteiger partial charge in [-0.1, -0.05) is 18.1 Å². The van der Waals surface area contributed by atoms with Gasteiger partial charge in [0.2, 0.25) is 0 Å². The maximum atomic E-state index is 9.81. The average Bonchev–Trinajstić information content (AvgIpc) is 3.40. The number of hydrogen-bond acceptors (Lipinski definition) is 6. The Labute approximate surface area is 175 Å². The number of anilines is 1. The molecule has 7 heteroatoms. The number of rotatable bonds is 4. The van der Waals surface area contributed by atoms with Crippen LogP contribution in [0.1, 0.15) is 25.8 Å². The Morgan fingerprint density at radius 1 is 1.27 bits per heavy atom. The fraction of sp³-hybridized carbons (Fsp3) is 0.391. The number of fused-ring (bicyclic) bond motifs is 2. The van der Waals surface area contributed by atoms with Gasteiger partial charge in [0.15, 0.2) is 11.4 Å². The minimum Gasteiger partial charge on any atom is -0.396 e. The highest BCUT2D eigenvalue weighted by molar-refractivity contribution is 5.67. The molecule has 2 N–H and O–H groups in total. The van der Waals surface area contributed by atoms with Crippen LogP contribution < -0.4 is 5.32 Å². The van der Waals surface area contributed by atoms with Gasteiger partial charge in [0, 0.05) is 35.9 Å². The smallest absolute Gasteiger partial charge is 0.163 e. The highest BCUT2D eigenvalue weighted by Gasteiger charge is 2.53. The van der Waals surface area contributed by atoms with Gasteiger partial charge in [-0.2, -0.15) is 9.61 Å². The third-order valence-electron chi connectivity index (χ3n) is 5.83. The number of hydrogen-bond donors (Lipinski definition) is 2. The second kappa shape index (κ2) is 7.10. The largest absolute Gasteiger partial charge is 0.396 e. The van der Waals surface area contributed by atoms with Crippen molar-refractivity contribution < 1.29 is 14.6 Å². The first-order valence-corrected chi connectivity index (χ1v) is 10.1. The molecule has 0 bridgehead atoms. The summed E-state index contributed by atoms with van der Waals surface area (Å²) in [5.74, 6) is 2.85. The molecule has 2 fully saturated rings. The summed E-state index contributed by atoms with van der Waals surface area (Å²) in [5.41, 5.74) is 3.28. The van der Waals surface area contributed by atoms with Gasteiger partial charge >= 0.3 is 0 Å².